The summed E-state index contributed by atoms with van der Waals surface area (Å²) in [6, 6.07) is 4.92. The average molecular weight is 537 g/mol. The molecule has 0 aliphatic carbocycles. The first-order chi connectivity index (χ1) is 17.6. The number of amides is 3. The normalized spacial score (nSPS) is 16.8. The predicted octanol–water partition coefficient (Wildman–Crippen LogP) is 3.77. The van der Waals surface area contributed by atoms with Gasteiger partial charge >= 0.3 is 12.1 Å². The minimum atomic E-state index is -4.95. The van der Waals surface area contributed by atoms with E-state index in [0.29, 0.717) is 30.6 Å². The van der Waals surface area contributed by atoms with Gasteiger partial charge in [-0.1, -0.05) is 41.5 Å². The zero-order valence-electron chi connectivity index (χ0n) is 22.5. The van der Waals surface area contributed by atoms with Crippen LogP contribution in [0.1, 0.15) is 53.1 Å². The summed E-state index contributed by atoms with van der Waals surface area (Å²) in [6.07, 6.45) is 0.398. The molecule has 208 valence electrons. The van der Waals surface area contributed by atoms with Gasteiger partial charge in [0.05, 0.1) is 18.1 Å². The lowest BCUT2D eigenvalue weighted by molar-refractivity contribution is -0.174. The molecule has 0 bridgehead atoms. The molecule has 2 unspecified atom stereocenters. The maximum atomic E-state index is 11.9. The number of fused-ring (bicyclic) bond motifs is 1. The second-order valence-corrected chi connectivity index (χ2v) is 10.2. The van der Waals surface area contributed by atoms with E-state index in [1.54, 1.807) is 30.0 Å². The SMILES string of the molecule is CC(C)C.CC1CN(C(=O)CNC(=O)C(F)(F)F)CC1(C)C.N#CC(NC=O)c1cncc2cccnc12. The first-order valence-corrected chi connectivity index (χ1v) is 12.0. The molecule has 1 saturated heterocycles. The molecule has 0 saturated carbocycles. The second-order valence-electron chi connectivity index (χ2n) is 10.2. The maximum absolute atomic E-state index is 11.9. The van der Waals surface area contributed by atoms with Crippen molar-refractivity contribution in [2.45, 2.75) is 53.8 Å². The monoisotopic (exact) mass is 536 g/mol. The van der Waals surface area contributed by atoms with Gasteiger partial charge in [-0.2, -0.15) is 18.4 Å². The fourth-order valence-corrected chi connectivity index (χ4v) is 3.35. The number of likely N-dealkylation sites (tertiary alicyclic amines) is 1. The van der Waals surface area contributed by atoms with E-state index in [9.17, 15) is 27.6 Å². The van der Waals surface area contributed by atoms with Crippen molar-refractivity contribution >= 4 is 29.1 Å². The van der Waals surface area contributed by atoms with Crippen LogP contribution in [-0.2, 0) is 14.4 Å². The molecular weight excluding hydrogens is 501 g/mol. The van der Waals surface area contributed by atoms with Crippen LogP contribution in [-0.4, -0.2) is 58.9 Å². The largest absolute Gasteiger partial charge is 0.471 e. The van der Waals surface area contributed by atoms with E-state index >= 15 is 0 Å². The number of pyridine rings is 2. The van der Waals surface area contributed by atoms with Gasteiger partial charge in [0.2, 0.25) is 12.3 Å². The standard InChI is InChI=1S/C11H17F3N2O2.C11H8N4O.C4H10/c1-7-5-16(6-10(7,2)3)8(17)4-15-9(18)11(12,13)14;12-4-10(15-7-16)9-6-13-5-8-2-1-3-14-11(8)9;1-4(2)3/h7H,4-6H2,1-3H3,(H,15,18);1-3,5-7,10H,(H,15,16);4H,1-3H3. The van der Waals surface area contributed by atoms with E-state index in [2.05, 4.69) is 36.1 Å². The number of carbonyl (C=O) groups excluding carboxylic acids is 3. The summed E-state index contributed by atoms with van der Waals surface area (Å²) in [4.78, 5) is 42.3. The number of alkyl halides is 3. The van der Waals surface area contributed by atoms with Gasteiger partial charge in [-0.05, 0) is 29.4 Å². The molecule has 12 heteroatoms. The van der Waals surface area contributed by atoms with Crippen LogP contribution >= 0.6 is 0 Å². The molecular formula is C26H35F3N6O3. The summed E-state index contributed by atoms with van der Waals surface area (Å²) in [5, 5.41) is 13.8. The maximum Gasteiger partial charge on any atom is 0.471 e. The highest BCUT2D eigenvalue weighted by molar-refractivity contribution is 5.87. The first-order valence-electron chi connectivity index (χ1n) is 12.0. The first kappa shape index (κ1) is 32.3. The van der Waals surface area contributed by atoms with Crippen molar-refractivity contribution < 1.29 is 27.6 Å². The molecule has 1 aliphatic rings. The lowest BCUT2D eigenvalue weighted by atomic mass is 9.84. The number of rotatable bonds is 5. The summed E-state index contributed by atoms with van der Waals surface area (Å²) < 4.78 is 35.8. The molecule has 2 aromatic rings. The van der Waals surface area contributed by atoms with E-state index in [0.717, 1.165) is 11.3 Å². The van der Waals surface area contributed by atoms with Gasteiger partial charge in [0.1, 0.15) is 6.04 Å². The lowest BCUT2D eigenvalue weighted by Gasteiger charge is -2.22. The van der Waals surface area contributed by atoms with Crippen LogP contribution in [0.15, 0.2) is 30.7 Å². The highest BCUT2D eigenvalue weighted by atomic mass is 19.4. The fourth-order valence-electron chi connectivity index (χ4n) is 3.35. The van der Waals surface area contributed by atoms with Gasteiger partial charge in [-0.25, -0.2) is 0 Å². The molecule has 3 amide bonds. The van der Waals surface area contributed by atoms with Crippen molar-refractivity contribution in [2.24, 2.45) is 17.3 Å². The molecule has 3 heterocycles. The Kier molecular flexibility index (Phi) is 12.1. The van der Waals surface area contributed by atoms with Crippen LogP contribution in [0.5, 0.6) is 0 Å². The van der Waals surface area contributed by atoms with Crippen LogP contribution in [0, 0.1) is 28.6 Å². The van der Waals surface area contributed by atoms with Gasteiger partial charge in [0.25, 0.3) is 0 Å². The molecule has 0 spiro atoms. The zero-order chi connectivity index (χ0) is 29.1. The number of nitrogens with zero attached hydrogens (tertiary/aromatic N) is 4. The topological polar surface area (TPSA) is 128 Å². The molecule has 0 radical (unpaired) electrons. The molecule has 38 heavy (non-hydrogen) atoms. The smallest absolute Gasteiger partial charge is 0.340 e. The minimum absolute atomic E-state index is 0.0519. The number of nitrogens with one attached hydrogen (secondary N) is 2. The Morgan fingerprint density at radius 2 is 1.92 bits per heavy atom. The molecule has 2 N–H and O–H groups in total. The van der Waals surface area contributed by atoms with Gasteiger partial charge < -0.3 is 15.5 Å². The van der Waals surface area contributed by atoms with E-state index < -0.39 is 30.6 Å². The Balaban J connectivity index is 0.000000335. The zero-order valence-corrected chi connectivity index (χ0v) is 22.5. The van der Waals surface area contributed by atoms with Gasteiger partial charge in [-0.15, -0.1) is 0 Å². The number of hydrogen-bond donors (Lipinski definition) is 2. The highest BCUT2D eigenvalue weighted by Crippen LogP contribution is 2.34. The summed E-state index contributed by atoms with van der Waals surface area (Å²) in [7, 11) is 0. The van der Waals surface area contributed by atoms with Gasteiger partial charge in [0.15, 0.2) is 0 Å². The predicted molar refractivity (Wildman–Crippen MR) is 136 cm³/mol. The van der Waals surface area contributed by atoms with Crippen LogP contribution in [0.2, 0.25) is 0 Å². The Bertz CT molecular complexity index is 1120. The number of halogens is 3. The average Bonchev–Trinajstić information content (AvgIpc) is 3.12. The van der Waals surface area contributed by atoms with Crippen molar-refractivity contribution in [1.29, 1.82) is 5.26 Å². The van der Waals surface area contributed by atoms with E-state index in [4.69, 9.17) is 5.26 Å². The lowest BCUT2D eigenvalue weighted by Crippen LogP contribution is -2.44. The van der Waals surface area contributed by atoms with Crippen LogP contribution in [0.4, 0.5) is 13.2 Å². The van der Waals surface area contributed by atoms with E-state index in [-0.39, 0.29) is 11.3 Å². The highest BCUT2D eigenvalue weighted by Gasteiger charge is 2.41. The Hall–Kier alpha value is -3.75. The molecule has 9 nitrogen and oxygen atoms in total. The molecule has 1 aliphatic heterocycles. The molecule has 3 rings (SSSR count). The number of aromatic nitrogens is 2. The summed E-state index contributed by atoms with van der Waals surface area (Å²) in [5.41, 5.74) is 1.23. The Morgan fingerprint density at radius 3 is 2.42 bits per heavy atom. The fraction of sp³-hybridized carbons (Fsp3) is 0.538. The molecule has 2 atom stereocenters. The van der Waals surface area contributed by atoms with E-state index in [1.807, 2.05) is 32.9 Å². The van der Waals surface area contributed by atoms with Gasteiger partial charge in [-0.3, -0.25) is 24.4 Å². The van der Waals surface area contributed by atoms with Crippen molar-refractivity contribution in [1.82, 2.24) is 25.5 Å². The Labute approximate surface area is 220 Å². The third-order valence-electron chi connectivity index (χ3n) is 5.65. The van der Waals surface area contributed by atoms with Crippen LogP contribution < -0.4 is 10.6 Å². The number of carbonyl (C=O) groups is 3. The molecule has 0 aromatic carbocycles. The second kappa shape index (κ2) is 14.3. The van der Waals surface area contributed by atoms with E-state index in [1.165, 1.54) is 4.90 Å². The minimum Gasteiger partial charge on any atom is -0.340 e. The van der Waals surface area contributed by atoms with Crippen molar-refractivity contribution in [2.75, 3.05) is 19.6 Å². The summed E-state index contributed by atoms with van der Waals surface area (Å²) in [5.74, 6) is -1.45. The number of nitriles is 1. The molecule has 1 fully saturated rings. The van der Waals surface area contributed by atoms with Crippen LogP contribution in [0.3, 0.4) is 0 Å². The van der Waals surface area contributed by atoms with Crippen LogP contribution in [0.25, 0.3) is 10.9 Å². The third kappa shape index (κ3) is 9.95. The van der Waals surface area contributed by atoms with Crippen molar-refractivity contribution in [3.05, 3.63) is 36.3 Å². The summed E-state index contributed by atoms with van der Waals surface area (Å²) >= 11 is 0. The van der Waals surface area contributed by atoms with Gasteiger partial charge in [0, 0.05) is 42.6 Å². The Morgan fingerprint density at radius 1 is 1.29 bits per heavy atom. The number of hydrogen-bond acceptors (Lipinski definition) is 6. The molecule has 2 aromatic heterocycles. The quantitative estimate of drug-likeness (QED) is 0.560. The third-order valence-corrected chi connectivity index (χ3v) is 5.65. The van der Waals surface area contributed by atoms with Crippen molar-refractivity contribution in [3.8, 4) is 6.07 Å². The van der Waals surface area contributed by atoms with Crippen molar-refractivity contribution in [3.63, 3.8) is 0 Å². The summed E-state index contributed by atoms with van der Waals surface area (Å²) in [6.45, 7) is 12.9.